The molecule has 0 saturated carbocycles. The summed E-state index contributed by atoms with van der Waals surface area (Å²) in [4.78, 5) is 0. The van der Waals surface area contributed by atoms with Gasteiger partial charge in [-0.2, -0.15) is 0 Å². The van der Waals surface area contributed by atoms with Crippen LogP contribution in [0.2, 0.25) is 0 Å². The van der Waals surface area contributed by atoms with Gasteiger partial charge in [-0.3, -0.25) is 0 Å². The number of aromatic nitrogens is 3. The zero-order valence-corrected chi connectivity index (χ0v) is 12.9. The van der Waals surface area contributed by atoms with Crippen LogP contribution < -0.4 is 5.32 Å². The third kappa shape index (κ3) is 3.00. The highest BCUT2D eigenvalue weighted by Crippen LogP contribution is 2.24. The molecule has 4 heteroatoms. The first kappa shape index (κ1) is 14.3. The molecule has 21 heavy (non-hydrogen) atoms. The summed E-state index contributed by atoms with van der Waals surface area (Å²) >= 11 is 0. The maximum absolute atomic E-state index is 4.40. The van der Waals surface area contributed by atoms with Gasteiger partial charge in [-0.1, -0.05) is 43.7 Å². The lowest BCUT2D eigenvalue weighted by Crippen LogP contribution is -2.27. The molecule has 1 aromatic heterocycles. The number of hydrogen-bond donors (Lipinski definition) is 1. The summed E-state index contributed by atoms with van der Waals surface area (Å²) < 4.78 is 2.28. The number of aryl methyl sites for hydroxylation is 1. The zero-order valence-electron chi connectivity index (χ0n) is 12.9. The molecule has 3 rings (SSSR count). The molecule has 0 bridgehead atoms. The fourth-order valence-corrected chi connectivity index (χ4v) is 3.19. The lowest BCUT2D eigenvalue weighted by Gasteiger charge is -2.23. The van der Waals surface area contributed by atoms with Crippen molar-refractivity contribution in [2.75, 3.05) is 0 Å². The molecule has 2 aromatic rings. The van der Waals surface area contributed by atoms with Crippen molar-refractivity contribution in [2.24, 2.45) is 0 Å². The van der Waals surface area contributed by atoms with Crippen LogP contribution in [-0.2, 0) is 13.0 Å². The summed E-state index contributed by atoms with van der Waals surface area (Å²) in [6, 6.07) is 11.3. The van der Waals surface area contributed by atoms with E-state index in [9.17, 15) is 0 Å². The van der Waals surface area contributed by atoms with Gasteiger partial charge in [-0.05, 0) is 25.3 Å². The molecule has 0 amide bonds. The van der Waals surface area contributed by atoms with Crippen LogP contribution in [0.4, 0.5) is 0 Å². The Morgan fingerprint density at radius 1 is 1.24 bits per heavy atom. The van der Waals surface area contributed by atoms with E-state index in [-0.39, 0.29) is 6.04 Å². The molecule has 0 spiro atoms. The molecule has 0 radical (unpaired) electrons. The highest BCUT2D eigenvalue weighted by molar-refractivity contribution is 5.19. The summed E-state index contributed by atoms with van der Waals surface area (Å²) in [7, 11) is 0. The van der Waals surface area contributed by atoms with E-state index in [0.717, 1.165) is 37.5 Å². The van der Waals surface area contributed by atoms with Crippen LogP contribution in [-0.4, -0.2) is 14.8 Å². The summed E-state index contributed by atoms with van der Waals surface area (Å²) in [6.07, 6.45) is 4.56. The Kier molecular flexibility index (Phi) is 4.34. The quantitative estimate of drug-likeness (QED) is 0.884. The number of fused-ring (bicyclic) bond motifs is 1. The second kappa shape index (κ2) is 6.39. The average molecular weight is 284 g/mol. The molecule has 2 atom stereocenters. The fraction of sp³-hybridized carbons (Fsp3) is 0.529. The predicted octanol–water partition coefficient (Wildman–Crippen LogP) is 3.42. The van der Waals surface area contributed by atoms with Gasteiger partial charge in [0.05, 0.1) is 6.04 Å². The lowest BCUT2D eigenvalue weighted by molar-refractivity contribution is 0.417. The minimum absolute atomic E-state index is 0.223. The number of hydrogen-bond acceptors (Lipinski definition) is 3. The normalized spacial score (nSPS) is 16.7. The molecule has 1 aliphatic rings. The molecule has 0 fully saturated rings. The van der Waals surface area contributed by atoms with Gasteiger partial charge in [0.15, 0.2) is 0 Å². The zero-order chi connectivity index (χ0) is 14.7. The minimum Gasteiger partial charge on any atom is -0.314 e. The van der Waals surface area contributed by atoms with Gasteiger partial charge in [-0.15, -0.1) is 10.2 Å². The second-order valence-corrected chi connectivity index (χ2v) is 5.87. The van der Waals surface area contributed by atoms with E-state index >= 15 is 0 Å². The van der Waals surface area contributed by atoms with Crippen LogP contribution in [0.5, 0.6) is 0 Å². The molecular weight excluding hydrogens is 260 g/mol. The Morgan fingerprint density at radius 3 is 2.81 bits per heavy atom. The van der Waals surface area contributed by atoms with Crippen molar-refractivity contribution in [3.63, 3.8) is 0 Å². The average Bonchev–Trinajstić information content (AvgIpc) is 3.10. The van der Waals surface area contributed by atoms with Gasteiger partial charge < -0.3 is 9.88 Å². The Bertz CT molecular complexity index is 576. The van der Waals surface area contributed by atoms with Crippen molar-refractivity contribution in [3.8, 4) is 0 Å². The van der Waals surface area contributed by atoms with E-state index < -0.39 is 0 Å². The number of nitrogens with one attached hydrogen (secondary N) is 1. The van der Waals surface area contributed by atoms with Crippen molar-refractivity contribution in [2.45, 2.75) is 58.2 Å². The van der Waals surface area contributed by atoms with Crippen LogP contribution in [0.15, 0.2) is 30.3 Å². The summed E-state index contributed by atoms with van der Waals surface area (Å²) in [5, 5.41) is 12.5. The Balaban J connectivity index is 1.76. The largest absolute Gasteiger partial charge is 0.314 e. The van der Waals surface area contributed by atoms with Gasteiger partial charge >= 0.3 is 0 Å². The summed E-state index contributed by atoms with van der Waals surface area (Å²) in [5.74, 6) is 2.23. The van der Waals surface area contributed by atoms with Crippen molar-refractivity contribution >= 4 is 0 Å². The molecule has 4 nitrogen and oxygen atoms in total. The Labute approximate surface area is 126 Å². The van der Waals surface area contributed by atoms with Crippen molar-refractivity contribution in [1.82, 2.24) is 20.1 Å². The van der Waals surface area contributed by atoms with Gasteiger partial charge in [-0.25, -0.2) is 0 Å². The molecule has 0 aliphatic carbocycles. The minimum atomic E-state index is 0.223. The first-order valence-corrected chi connectivity index (χ1v) is 8.02. The molecule has 1 aromatic carbocycles. The first-order chi connectivity index (χ1) is 10.3. The molecule has 2 heterocycles. The highest BCUT2D eigenvalue weighted by atomic mass is 15.3. The van der Waals surface area contributed by atoms with E-state index in [0.29, 0.717) is 6.04 Å². The smallest absolute Gasteiger partial charge is 0.149 e. The van der Waals surface area contributed by atoms with Gasteiger partial charge in [0.25, 0.3) is 0 Å². The maximum Gasteiger partial charge on any atom is 0.149 e. The monoisotopic (exact) mass is 284 g/mol. The highest BCUT2D eigenvalue weighted by Gasteiger charge is 2.23. The Morgan fingerprint density at radius 2 is 2.05 bits per heavy atom. The van der Waals surface area contributed by atoms with Crippen molar-refractivity contribution in [1.29, 1.82) is 0 Å². The van der Waals surface area contributed by atoms with E-state index in [4.69, 9.17) is 0 Å². The van der Waals surface area contributed by atoms with Gasteiger partial charge in [0, 0.05) is 19.0 Å². The van der Waals surface area contributed by atoms with E-state index in [2.05, 4.69) is 64.3 Å². The molecule has 112 valence electrons. The molecule has 0 saturated heterocycles. The topological polar surface area (TPSA) is 42.7 Å². The summed E-state index contributed by atoms with van der Waals surface area (Å²) in [6.45, 7) is 5.49. The molecule has 1 N–H and O–H groups in total. The standard InChI is InChI=1S/C17H24N4/c1-3-8-15(14-9-5-4-6-10-14)18-13(2)17-20-19-16-11-7-12-21(16)17/h4-6,9-10,13,15,18H,3,7-8,11-12H2,1-2H3. The van der Waals surface area contributed by atoms with Crippen LogP contribution in [0.25, 0.3) is 0 Å². The maximum atomic E-state index is 4.40. The third-order valence-corrected chi connectivity index (χ3v) is 4.26. The SMILES string of the molecule is CCCC(NC(C)c1nnc2n1CCC2)c1ccccc1. The van der Waals surface area contributed by atoms with Crippen molar-refractivity contribution < 1.29 is 0 Å². The van der Waals surface area contributed by atoms with Crippen LogP contribution in [0, 0.1) is 0 Å². The van der Waals surface area contributed by atoms with Crippen molar-refractivity contribution in [3.05, 3.63) is 47.5 Å². The van der Waals surface area contributed by atoms with E-state index in [1.165, 1.54) is 12.0 Å². The van der Waals surface area contributed by atoms with E-state index in [1.807, 2.05) is 0 Å². The van der Waals surface area contributed by atoms with Crippen LogP contribution >= 0.6 is 0 Å². The number of nitrogens with zero attached hydrogens (tertiary/aromatic N) is 3. The molecule has 2 unspecified atom stereocenters. The Hall–Kier alpha value is -1.68. The van der Waals surface area contributed by atoms with Gasteiger partial charge in [0.2, 0.25) is 0 Å². The third-order valence-electron chi connectivity index (χ3n) is 4.26. The fourth-order valence-electron chi connectivity index (χ4n) is 3.19. The summed E-state index contributed by atoms with van der Waals surface area (Å²) in [5.41, 5.74) is 1.35. The second-order valence-electron chi connectivity index (χ2n) is 5.87. The number of rotatable bonds is 6. The predicted molar refractivity (Wildman–Crippen MR) is 84.0 cm³/mol. The lowest BCUT2D eigenvalue weighted by atomic mass is 10.0. The molecule has 1 aliphatic heterocycles. The first-order valence-electron chi connectivity index (χ1n) is 8.02. The van der Waals surface area contributed by atoms with Gasteiger partial charge in [0.1, 0.15) is 11.6 Å². The molecular formula is C17H24N4. The van der Waals surface area contributed by atoms with E-state index in [1.54, 1.807) is 0 Å². The number of benzene rings is 1. The van der Waals surface area contributed by atoms with Crippen LogP contribution in [0.1, 0.15) is 62.4 Å². The van der Waals surface area contributed by atoms with Crippen LogP contribution in [0.3, 0.4) is 0 Å².